The number of fused-ring (bicyclic) bond motifs is 1. The zero-order chi connectivity index (χ0) is 22.1. The summed E-state index contributed by atoms with van der Waals surface area (Å²) in [6, 6.07) is 6.54. The molecule has 1 aromatic carbocycles. The average molecular weight is 426 g/mol. The molecular formula is C22H28FN7O. The summed E-state index contributed by atoms with van der Waals surface area (Å²) in [5.74, 6) is -0.786. The lowest BCUT2D eigenvalue weighted by atomic mass is 9.77. The highest BCUT2D eigenvalue weighted by Crippen LogP contribution is 2.34. The van der Waals surface area contributed by atoms with Crippen molar-refractivity contribution >= 4 is 34.1 Å². The van der Waals surface area contributed by atoms with Gasteiger partial charge < -0.3 is 22.1 Å². The lowest BCUT2D eigenvalue weighted by molar-refractivity contribution is 0.100. The number of halogens is 1. The zero-order valence-corrected chi connectivity index (χ0v) is 17.7. The third kappa shape index (κ3) is 4.05. The van der Waals surface area contributed by atoms with E-state index in [0.29, 0.717) is 11.6 Å². The van der Waals surface area contributed by atoms with Crippen LogP contribution in [0.3, 0.4) is 0 Å². The van der Waals surface area contributed by atoms with E-state index >= 15 is 0 Å². The molecular weight excluding hydrogens is 397 g/mol. The van der Waals surface area contributed by atoms with Gasteiger partial charge in [-0.15, -0.1) is 0 Å². The molecule has 1 amide bonds. The highest BCUT2D eigenvalue weighted by atomic mass is 19.1. The first-order chi connectivity index (χ1) is 14.9. The molecule has 2 aromatic heterocycles. The summed E-state index contributed by atoms with van der Waals surface area (Å²) in [7, 11) is 0. The van der Waals surface area contributed by atoms with Crippen LogP contribution in [-0.2, 0) is 6.54 Å². The second-order valence-electron chi connectivity index (χ2n) is 8.12. The molecule has 0 saturated heterocycles. The Labute approximate surface area is 180 Å². The van der Waals surface area contributed by atoms with Crippen LogP contribution in [0.15, 0.2) is 30.5 Å². The van der Waals surface area contributed by atoms with Gasteiger partial charge in [0, 0.05) is 24.0 Å². The Morgan fingerprint density at radius 3 is 2.74 bits per heavy atom. The third-order valence-corrected chi connectivity index (χ3v) is 6.01. The molecule has 1 fully saturated rings. The number of aryl methyl sites for hydroxylation is 1. The third-order valence-electron chi connectivity index (χ3n) is 6.01. The Morgan fingerprint density at radius 1 is 1.35 bits per heavy atom. The van der Waals surface area contributed by atoms with Crippen molar-refractivity contribution in [1.82, 2.24) is 14.8 Å². The first kappa shape index (κ1) is 21.0. The van der Waals surface area contributed by atoms with Crippen molar-refractivity contribution in [2.45, 2.75) is 51.7 Å². The molecule has 8 nitrogen and oxygen atoms in total. The molecule has 2 heterocycles. The summed E-state index contributed by atoms with van der Waals surface area (Å²) in [4.78, 5) is 16.4. The van der Waals surface area contributed by atoms with Gasteiger partial charge in [0.15, 0.2) is 11.6 Å². The Balaban J connectivity index is 1.72. The van der Waals surface area contributed by atoms with E-state index in [9.17, 15) is 9.18 Å². The van der Waals surface area contributed by atoms with Gasteiger partial charge in [-0.05, 0) is 50.8 Å². The first-order valence-corrected chi connectivity index (χ1v) is 10.6. The van der Waals surface area contributed by atoms with Crippen LogP contribution < -0.4 is 22.1 Å². The van der Waals surface area contributed by atoms with Gasteiger partial charge in [-0.3, -0.25) is 9.48 Å². The smallest absolute Gasteiger partial charge is 0.252 e. The number of hydrogen-bond donors (Lipinski definition) is 4. The van der Waals surface area contributed by atoms with Crippen LogP contribution in [0, 0.1) is 11.7 Å². The van der Waals surface area contributed by atoms with Gasteiger partial charge in [0.05, 0.1) is 23.0 Å². The molecule has 1 saturated carbocycles. The molecule has 2 atom stereocenters. The van der Waals surface area contributed by atoms with E-state index in [1.807, 2.05) is 36.7 Å². The Morgan fingerprint density at radius 2 is 2.13 bits per heavy atom. The summed E-state index contributed by atoms with van der Waals surface area (Å²) >= 11 is 0. The number of nitrogens with two attached hydrogens (primary N) is 2. The predicted molar refractivity (Wildman–Crippen MR) is 120 cm³/mol. The molecule has 9 heteroatoms. The van der Waals surface area contributed by atoms with E-state index < -0.39 is 11.7 Å². The number of amides is 1. The minimum atomic E-state index is -0.764. The van der Waals surface area contributed by atoms with E-state index in [1.54, 1.807) is 6.20 Å². The molecule has 1 aliphatic carbocycles. The fourth-order valence-corrected chi connectivity index (χ4v) is 4.10. The zero-order valence-electron chi connectivity index (χ0n) is 17.7. The topological polar surface area (TPSA) is 124 Å². The number of pyridine rings is 1. The van der Waals surface area contributed by atoms with Crippen LogP contribution in [-0.4, -0.2) is 32.8 Å². The van der Waals surface area contributed by atoms with Crippen molar-refractivity contribution < 1.29 is 9.18 Å². The normalized spacial score (nSPS) is 16.0. The minimum absolute atomic E-state index is 0.0241. The Bertz CT molecular complexity index is 1110. The van der Waals surface area contributed by atoms with Crippen LogP contribution in [0.4, 0.5) is 21.7 Å². The molecule has 0 spiro atoms. The van der Waals surface area contributed by atoms with Crippen molar-refractivity contribution in [3.63, 3.8) is 0 Å². The summed E-state index contributed by atoms with van der Waals surface area (Å²) in [5.41, 5.74) is 13.3. The molecule has 164 valence electrons. The van der Waals surface area contributed by atoms with Crippen LogP contribution in [0.25, 0.3) is 10.9 Å². The lowest BCUT2D eigenvalue weighted by Crippen LogP contribution is -2.46. The van der Waals surface area contributed by atoms with Crippen LogP contribution in [0.2, 0.25) is 0 Å². The number of rotatable bonds is 8. The molecule has 0 unspecified atom stereocenters. The van der Waals surface area contributed by atoms with Gasteiger partial charge in [0.2, 0.25) is 0 Å². The quantitative estimate of drug-likeness (QED) is 0.439. The SMILES string of the molecule is CCn1ncc2c(Nc3nc(N[C@H](C4CCC4)[C@H](C)N)c(F)cc3C(N)=O)cccc21. The monoisotopic (exact) mass is 425 g/mol. The van der Waals surface area contributed by atoms with Crippen molar-refractivity contribution in [3.8, 4) is 0 Å². The van der Waals surface area contributed by atoms with Crippen LogP contribution >= 0.6 is 0 Å². The Kier molecular flexibility index (Phi) is 5.77. The second kappa shape index (κ2) is 8.50. The van der Waals surface area contributed by atoms with Gasteiger partial charge in [-0.1, -0.05) is 12.5 Å². The fourth-order valence-electron chi connectivity index (χ4n) is 4.10. The molecule has 31 heavy (non-hydrogen) atoms. The standard InChI is InChI=1S/C22H28FN7O/c1-3-30-18-9-5-8-17(15(18)11-26-30)27-21-14(20(25)31)10-16(23)22(29-21)28-19(12(2)24)13-6-4-7-13/h5,8-13,19H,3-4,6-7,24H2,1-2H3,(H2,25,31)(H2,27,28,29)/t12-,19-/m0/s1. The number of hydrogen-bond acceptors (Lipinski definition) is 6. The number of anilines is 3. The molecule has 3 aromatic rings. The highest BCUT2D eigenvalue weighted by molar-refractivity contribution is 6.00. The van der Waals surface area contributed by atoms with Crippen molar-refractivity contribution in [2.24, 2.45) is 17.4 Å². The molecule has 1 aliphatic rings. The number of nitrogens with one attached hydrogen (secondary N) is 2. The molecule has 0 bridgehead atoms. The maximum Gasteiger partial charge on any atom is 0.252 e. The minimum Gasteiger partial charge on any atom is -0.365 e. The second-order valence-corrected chi connectivity index (χ2v) is 8.12. The summed E-state index contributed by atoms with van der Waals surface area (Å²) in [5, 5.41) is 11.6. The number of benzene rings is 1. The van der Waals surface area contributed by atoms with Crippen molar-refractivity contribution in [1.29, 1.82) is 0 Å². The fraction of sp³-hybridized carbons (Fsp3) is 0.409. The van der Waals surface area contributed by atoms with E-state index in [1.165, 1.54) is 0 Å². The molecule has 6 N–H and O–H groups in total. The van der Waals surface area contributed by atoms with Crippen molar-refractivity contribution in [3.05, 3.63) is 41.8 Å². The lowest BCUT2D eigenvalue weighted by Gasteiger charge is -2.37. The summed E-state index contributed by atoms with van der Waals surface area (Å²) in [6.45, 7) is 4.63. The van der Waals surface area contributed by atoms with Gasteiger partial charge in [0.25, 0.3) is 5.91 Å². The van der Waals surface area contributed by atoms with Gasteiger partial charge in [-0.25, -0.2) is 9.37 Å². The van der Waals surface area contributed by atoms with Gasteiger partial charge >= 0.3 is 0 Å². The number of carbonyl (C=O) groups excluding carboxylic acids is 1. The first-order valence-electron chi connectivity index (χ1n) is 10.6. The number of nitrogens with zero attached hydrogens (tertiary/aromatic N) is 3. The van der Waals surface area contributed by atoms with E-state index in [0.717, 1.165) is 42.8 Å². The largest absolute Gasteiger partial charge is 0.365 e. The van der Waals surface area contributed by atoms with Gasteiger partial charge in [-0.2, -0.15) is 5.10 Å². The summed E-state index contributed by atoms with van der Waals surface area (Å²) < 4.78 is 16.7. The van der Waals surface area contributed by atoms with Crippen LogP contribution in [0.1, 0.15) is 43.5 Å². The van der Waals surface area contributed by atoms with Crippen LogP contribution in [0.5, 0.6) is 0 Å². The Hall–Kier alpha value is -3.20. The number of primary amides is 1. The number of aromatic nitrogens is 3. The molecule has 0 aliphatic heterocycles. The van der Waals surface area contributed by atoms with E-state index in [-0.39, 0.29) is 29.3 Å². The van der Waals surface area contributed by atoms with Gasteiger partial charge in [0.1, 0.15) is 5.82 Å². The average Bonchev–Trinajstić information content (AvgIpc) is 3.12. The van der Waals surface area contributed by atoms with E-state index in [4.69, 9.17) is 11.5 Å². The summed E-state index contributed by atoms with van der Waals surface area (Å²) in [6.07, 6.45) is 4.99. The maximum atomic E-state index is 14.8. The maximum absolute atomic E-state index is 14.8. The number of carbonyl (C=O) groups is 1. The molecule has 0 radical (unpaired) electrons. The predicted octanol–water partition coefficient (Wildman–Crippen LogP) is 3.36. The van der Waals surface area contributed by atoms with E-state index in [2.05, 4.69) is 20.7 Å². The molecule has 4 rings (SSSR count). The highest BCUT2D eigenvalue weighted by Gasteiger charge is 2.31. The van der Waals surface area contributed by atoms with Crippen molar-refractivity contribution in [2.75, 3.05) is 10.6 Å².